The van der Waals surface area contributed by atoms with Crippen LogP contribution in [0.2, 0.25) is 0 Å². The average molecular weight is 432 g/mol. The third-order valence-corrected chi connectivity index (χ3v) is 5.13. The van der Waals surface area contributed by atoms with Crippen molar-refractivity contribution >= 4 is 17.6 Å². The summed E-state index contributed by atoms with van der Waals surface area (Å²) in [6.45, 7) is 1.82. The van der Waals surface area contributed by atoms with Crippen LogP contribution in [-0.4, -0.2) is 27.6 Å². The largest absolute Gasteiger partial charge is 0.496 e. The Labute approximate surface area is 182 Å². The summed E-state index contributed by atoms with van der Waals surface area (Å²) in [5.41, 5.74) is 2.01. The first kappa shape index (κ1) is 20.9. The minimum atomic E-state index is -0.489. The van der Waals surface area contributed by atoms with Crippen LogP contribution >= 0.6 is 0 Å². The van der Waals surface area contributed by atoms with E-state index in [4.69, 9.17) is 9.15 Å². The fourth-order valence-electron chi connectivity index (χ4n) is 3.40. The van der Waals surface area contributed by atoms with Gasteiger partial charge >= 0.3 is 0 Å². The van der Waals surface area contributed by atoms with Crippen LogP contribution in [0.3, 0.4) is 0 Å². The maximum Gasteiger partial charge on any atom is 0.297 e. The van der Waals surface area contributed by atoms with Gasteiger partial charge in [0.1, 0.15) is 17.3 Å². The fraction of sp³-hybridized carbons (Fsp3) is 0.130. The quantitative estimate of drug-likeness (QED) is 0.255. The van der Waals surface area contributed by atoms with Gasteiger partial charge in [-0.15, -0.1) is 0 Å². The maximum absolute atomic E-state index is 13.0. The smallest absolute Gasteiger partial charge is 0.297 e. The molecule has 0 atom stereocenters. The summed E-state index contributed by atoms with van der Waals surface area (Å²) < 4.78 is 14.4. The van der Waals surface area contributed by atoms with Crippen LogP contribution in [0.5, 0.6) is 5.75 Å². The summed E-state index contributed by atoms with van der Waals surface area (Å²) in [5, 5.41) is 11.0. The fourth-order valence-corrected chi connectivity index (χ4v) is 3.40. The lowest BCUT2D eigenvalue weighted by Crippen LogP contribution is -2.19. The van der Waals surface area contributed by atoms with Crippen LogP contribution in [0.15, 0.2) is 74.9 Å². The van der Waals surface area contributed by atoms with E-state index in [1.54, 1.807) is 34.6 Å². The summed E-state index contributed by atoms with van der Waals surface area (Å²) in [5.74, 6) is 1.21. The zero-order valence-electron chi connectivity index (χ0n) is 17.7. The van der Waals surface area contributed by atoms with Crippen molar-refractivity contribution in [2.45, 2.75) is 6.92 Å². The number of furan rings is 1. The van der Waals surface area contributed by atoms with Crippen molar-refractivity contribution in [2.75, 3.05) is 7.11 Å². The summed E-state index contributed by atoms with van der Waals surface area (Å²) in [6.07, 6.45) is 1.47. The molecule has 0 saturated heterocycles. The molecule has 0 radical (unpaired) electrons. The van der Waals surface area contributed by atoms with Crippen molar-refractivity contribution in [3.05, 3.63) is 92.6 Å². The Morgan fingerprint density at radius 1 is 1.12 bits per heavy atom. The van der Waals surface area contributed by atoms with E-state index >= 15 is 0 Å². The second-order valence-electron chi connectivity index (χ2n) is 7.01. The van der Waals surface area contributed by atoms with Gasteiger partial charge in [0.05, 0.1) is 41.3 Å². The average Bonchev–Trinajstić information content (AvgIpc) is 3.35. The van der Waals surface area contributed by atoms with Crippen molar-refractivity contribution in [1.82, 2.24) is 9.36 Å². The van der Waals surface area contributed by atoms with Gasteiger partial charge < -0.3 is 9.15 Å². The van der Waals surface area contributed by atoms with Crippen molar-refractivity contribution in [3.63, 3.8) is 0 Å². The molecular weight excluding hydrogens is 412 g/mol. The SMILES string of the molecule is COc1cc([N+](=O)[O-])ccc1-c1ccc(C=Nc2c(C)n(C)n(-c3ccccc3)c2=O)o1. The Morgan fingerprint density at radius 3 is 2.56 bits per heavy atom. The third kappa shape index (κ3) is 3.71. The van der Waals surface area contributed by atoms with Gasteiger partial charge in [-0.05, 0) is 37.3 Å². The highest BCUT2D eigenvalue weighted by Crippen LogP contribution is 2.34. The number of aromatic nitrogens is 2. The number of non-ortho nitro benzene ring substituents is 1. The van der Waals surface area contributed by atoms with Gasteiger partial charge in [-0.1, -0.05) is 18.2 Å². The Bertz CT molecular complexity index is 1380. The molecule has 0 fully saturated rings. The van der Waals surface area contributed by atoms with Gasteiger partial charge in [-0.3, -0.25) is 19.6 Å². The van der Waals surface area contributed by atoms with Crippen LogP contribution < -0.4 is 10.3 Å². The van der Waals surface area contributed by atoms with E-state index in [0.29, 0.717) is 34.2 Å². The second-order valence-corrected chi connectivity index (χ2v) is 7.01. The van der Waals surface area contributed by atoms with Gasteiger partial charge in [0.2, 0.25) is 0 Å². The maximum atomic E-state index is 13.0. The highest BCUT2D eigenvalue weighted by Gasteiger charge is 2.17. The molecule has 0 saturated carbocycles. The molecule has 4 rings (SSSR count). The molecular formula is C23H20N4O5. The lowest BCUT2D eigenvalue weighted by molar-refractivity contribution is -0.384. The molecule has 2 aromatic carbocycles. The number of methoxy groups -OCH3 is 1. The van der Waals surface area contributed by atoms with Crippen molar-refractivity contribution in [1.29, 1.82) is 0 Å². The Kier molecular flexibility index (Phi) is 5.46. The molecule has 0 aliphatic heterocycles. The van der Waals surface area contributed by atoms with E-state index in [0.717, 1.165) is 5.69 Å². The third-order valence-electron chi connectivity index (χ3n) is 5.13. The first-order valence-electron chi connectivity index (χ1n) is 9.71. The summed E-state index contributed by atoms with van der Waals surface area (Å²) >= 11 is 0. The van der Waals surface area contributed by atoms with Gasteiger partial charge in [0.15, 0.2) is 5.69 Å². The zero-order valence-corrected chi connectivity index (χ0v) is 17.7. The molecule has 0 amide bonds. The number of rotatable bonds is 6. The van der Waals surface area contributed by atoms with Crippen LogP contribution in [0.4, 0.5) is 11.4 Å². The molecule has 0 unspecified atom stereocenters. The standard InChI is InChI=1S/C23H20N4O5/c1-15-22(23(28)26(25(15)2)16-7-5-4-6-8-16)24-14-18-10-12-20(32-18)19-11-9-17(27(29)30)13-21(19)31-3/h4-14H,1-3H3. The van der Waals surface area contributed by atoms with Crippen molar-refractivity contribution in [3.8, 4) is 22.8 Å². The predicted molar refractivity (Wildman–Crippen MR) is 120 cm³/mol. The van der Waals surface area contributed by atoms with Gasteiger partial charge in [-0.25, -0.2) is 9.67 Å². The van der Waals surface area contributed by atoms with Crippen LogP contribution in [0.25, 0.3) is 17.0 Å². The molecule has 162 valence electrons. The number of para-hydroxylation sites is 1. The van der Waals surface area contributed by atoms with E-state index in [9.17, 15) is 14.9 Å². The monoisotopic (exact) mass is 432 g/mol. The summed E-state index contributed by atoms with van der Waals surface area (Å²) in [6, 6.07) is 17.0. The van der Waals surface area contributed by atoms with E-state index in [2.05, 4.69) is 4.99 Å². The minimum absolute atomic E-state index is 0.0757. The number of nitro benzene ring substituents is 1. The Hall–Kier alpha value is -4.40. The predicted octanol–water partition coefficient (Wildman–Crippen LogP) is 4.41. The number of nitrogens with zero attached hydrogens (tertiary/aromatic N) is 4. The topological polar surface area (TPSA) is 105 Å². The van der Waals surface area contributed by atoms with Gasteiger partial charge in [-0.2, -0.15) is 0 Å². The van der Waals surface area contributed by atoms with Crippen molar-refractivity contribution in [2.24, 2.45) is 12.0 Å². The Balaban J connectivity index is 1.66. The molecule has 2 aromatic heterocycles. The second kappa shape index (κ2) is 8.38. The lowest BCUT2D eigenvalue weighted by Gasteiger charge is -2.07. The molecule has 4 aromatic rings. The van der Waals surface area contributed by atoms with E-state index in [1.165, 1.54) is 25.5 Å². The summed E-state index contributed by atoms with van der Waals surface area (Å²) in [7, 11) is 3.23. The van der Waals surface area contributed by atoms with E-state index in [-0.39, 0.29) is 11.2 Å². The number of hydrogen-bond donors (Lipinski definition) is 0. The number of nitro groups is 1. The molecule has 0 aliphatic carbocycles. The molecule has 0 bridgehead atoms. The molecule has 0 aliphatic rings. The number of benzene rings is 2. The first-order chi connectivity index (χ1) is 15.4. The molecule has 2 heterocycles. The molecule has 32 heavy (non-hydrogen) atoms. The normalized spacial score (nSPS) is 11.2. The van der Waals surface area contributed by atoms with E-state index < -0.39 is 4.92 Å². The zero-order chi connectivity index (χ0) is 22.8. The number of ether oxygens (including phenoxy) is 1. The highest BCUT2D eigenvalue weighted by molar-refractivity contribution is 5.81. The van der Waals surface area contributed by atoms with Gasteiger partial charge in [0.25, 0.3) is 11.2 Å². The molecule has 9 heteroatoms. The molecule has 9 nitrogen and oxygen atoms in total. The number of aliphatic imine (C=N–C) groups is 1. The minimum Gasteiger partial charge on any atom is -0.496 e. The first-order valence-corrected chi connectivity index (χ1v) is 9.71. The van der Waals surface area contributed by atoms with Crippen LogP contribution in [0.1, 0.15) is 11.5 Å². The molecule has 0 N–H and O–H groups in total. The highest BCUT2D eigenvalue weighted by atomic mass is 16.6. The van der Waals surface area contributed by atoms with Crippen LogP contribution in [0, 0.1) is 17.0 Å². The number of hydrogen-bond acceptors (Lipinski definition) is 6. The van der Waals surface area contributed by atoms with E-state index in [1.807, 2.05) is 37.3 Å². The van der Waals surface area contributed by atoms with Crippen LogP contribution in [-0.2, 0) is 7.05 Å². The Morgan fingerprint density at radius 2 is 1.88 bits per heavy atom. The lowest BCUT2D eigenvalue weighted by atomic mass is 10.1. The van der Waals surface area contributed by atoms with Crippen molar-refractivity contribution < 1.29 is 14.1 Å². The summed E-state index contributed by atoms with van der Waals surface area (Å²) in [4.78, 5) is 27.8. The molecule has 0 spiro atoms. The van der Waals surface area contributed by atoms with Gasteiger partial charge in [0, 0.05) is 13.1 Å².